The van der Waals surface area contributed by atoms with E-state index < -0.39 is 16.0 Å². The zero-order chi connectivity index (χ0) is 14.6. The van der Waals surface area contributed by atoms with E-state index >= 15 is 0 Å². The van der Waals surface area contributed by atoms with E-state index in [4.69, 9.17) is 5.11 Å². The number of carboxylic acids is 1. The standard InChI is InChI=1S/C12H24N2O4S/c1-4-14(7-12(15)16)11-5-10(6-11)13-19(17,18)8-9(2)3/h9-11,13H,4-8H2,1-3H3,(H,15,16). The number of carboxylic acid groups (broad SMARTS) is 1. The molecule has 0 amide bonds. The summed E-state index contributed by atoms with van der Waals surface area (Å²) < 4.78 is 26.2. The van der Waals surface area contributed by atoms with Crippen molar-refractivity contribution in [1.29, 1.82) is 0 Å². The number of likely N-dealkylation sites (N-methyl/N-ethyl adjacent to an activating group) is 1. The Balaban J connectivity index is 2.39. The van der Waals surface area contributed by atoms with Crippen LogP contribution in [0.1, 0.15) is 33.6 Å². The van der Waals surface area contributed by atoms with Gasteiger partial charge in [0.2, 0.25) is 10.0 Å². The molecule has 0 aromatic heterocycles. The summed E-state index contributed by atoms with van der Waals surface area (Å²) in [6.45, 7) is 6.34. The highest BCUT2D eigenvalue weighted by Gasteiger charge is 2.35. The third kappa shape index (κ3) is 5.46. The number of rotatable bonds is 8. The van der Waals surface area contributed by atoms with Crippen LogP contribution in [0.15, 0.2) is 0 Å². The summed E-state index contributed by atoms with van der Waals surface area (Å²) in [4.78, 5) is 12.6. The molecule has 1 aliphatic carbocycles. The Labute approximate surface area is 115 Å². The van der Waals surface area contributed by atoms with Crippen molar-refractivity contribution in [3.63, 3.8) is 0 Å². The molecule has 112 valence electrons. The second-order valence-electron chi connectivity index (χ2n) is 5.57. The number of nitrogens with one attached hydrogen (secondary N) is 1. The predicted molar refractivity (Wildman–Crippen MR) is 73.5 cm³/mol. The average molecular weight is 292 g/mol. The lowest BCUT2D eigenvalue weighted by molar-refractivity contribution is -0.139. The van der Waals surface area contributed by atoms with Crippen molar-refractivity contribution >= 4 is 16.0 Å². The summed E-state index contributed by atoms with van der Waals surface area (Å²) in [5.41, 5.74) is 0. The van der Waals surface area contributed by atoms with Gasteiger partial charge in [0, 0.05) is 12.1 Å². The summed E-state index contributed by atoms with van der Waals surface area (Å²) in [5, 5.41) is 8.78. The van der Waals surface area contributed by atoms with Gasteiger partial charge in [0.1, 0.15) is 0 Å². The molecule has 1 fully saturated rings. The second-order valence-corrected chi connectivity index (χ2v) is 7.37. The van der Waals surface area contributed by atoms with Crippen LogP contribution in [-0.2, 0) is 14.8 Å². The Kier molecular flexibility index (Phi) is 5.76. The highest BCUT2D eigenvalue weighted by Crippen LogP contribution is 2.26. The summed E-state index contributed by atoms with van der Waals surface area (Å²) in [5.74, 6) is -0.598. The zero-order valence-electron chi connectivity index (χ0n) is 11.8. The molecule has 0 aromatic rings. The smallest absolute Gasteiger partial charge is 0.317 e. The molecule has 7 heteroatoms. The first-order chi connectivity index (χ1) is 8.73. The van der Waals surface area contributed by atoms with Gasteiger partial charge in [0.15, 0.2) is 0 Å². The molecule has 6 nitrogen and oxygen atoms in total. The number of hydrogen-bond donors (Lipinski definition) is 2. The van der Waals surface area contributed by atoms with Gasteiger partial charge in [0.25, 0.3) is 0 Å². The number of nitrogens with zero attached hydrogens (tertiary/aromatic N) is 1. The van der Waals surface area contributed by atoms with Crippen molar-refractivity contribution < 1.29 is 18.3 Å². The van der Waals surface area contributed by atoms with Crippen LogP contribution in [0.4, 0.5) is 0 Å². The fourth-order valence-corrected chi connectivity index (χ4v) is 4.07. The van der Waals surface area contributed by atoms with Gasteiger partial charge in [-0.25, -0.2) is 13.1 Å². The minimum Gasteiger partial charge on any atom is -0.480 e. The van der Waals surface area contributed by atoms with Crippen molar-refractivity contribution in [2.24, 2.45) is 5.92 Å². The molecule has 0 heterocycles. The number of carbonyl (C=O) groups is 1. The molecule has 0 aliphatic heterocycles. The van der Waals surface area contributed by atoms with Gasteiger partial charge < -0.3 is 5.11 Å². The molecule has 0 spiro atoms. The predicted octanol–water partition coefficient (Wildman–Crippen LogP) is 0.499. The van der Waals surface area contributed by atoms with Crippen molar-refractivity contribution in [3.05, 3.63) is 0 Å². The van der Waals surface area contributed by atoms with E-state index in [1.807, 2.05) is 25.7 Å². The van der Waals surface area contributed by atoms with E-state index in [1.165, 1.54) is 0 Å². The van der Waals surface area contributed by atoms with Gasteiger partial charge in [-0.2, -0.15) is 0 Å². The number of aliphatic carboxylic acids is 1. The van der Waals surface area contributed by atoms with Crippen LogP contribution >= 0.6 is 0 Å². The van der Waals surface area contributed by atoms with Crippen molar-refractivity contribution in [1.82, 2.24) is 9.62 Å². The van der Waals surface area contributed by atoms with E-state index in [0.29, 0.717) is 19.4 Å². The maximum Gasteiger partial charge on any atom is 0.317 e. The molecule has 0 radical (unpaired) electrons. The summed E-state index contributed by atoms with van der Waals surface area (Å²) in [6.07, 6.45) is 1.39. The Bertz CT molecular complexity index is 402. The van der Waals surface area contributed by atoms with Crippen LogP contribution in [0.2, 0.25) is 0 Å². The van der Waals surface area contributed by atoms with E-state index in [2.05, 4.69) is 4.72 Å². The lowest BCUT2D eigenvalue weighted by Gasteiger charge is -2.42. The van der Waals surface area contributed by atoms with E-state index in [1.54, 1.807) is 0 Å². The molecule has 1 rings (SSSR count). The van der Waals surface area contributed by atoms with Crippen molar-refractivity contribution in [2.45, 2.75) is 45.7 Å². The number of hydrogen-bond acceptors (Lipinski definition) is 4. The van der Waals surface area contributed by atoms with Gasteiger partial charge in [0.05, 0.1) is 12.3 Å². The average Bonchev–Trinajstić information content (AvgIpc) is 2.17. The zero-order valence-corrected chi connectivity index (χ0v) is 12.6. The van der Waals surface area contributed by atoms with Gasteiger partial charge >= 0.3 is 5.97 Å². The molecule has 1 aliphatic rings. The largest absolute Gasteiger partial charge is 0.480 e. The van der Waals surface area contributed by atoms with Crippen molar-refractivity contribution in [2.75, 3.05) is 18.8 Å². The third-order valence-corrected chi connectivity index (χ3v) is 5.07. The summed E-state index contributed by atoms with van der Waals surface area (Å²) >= 11 is 0. The summed E-state index contributed by atoms with van der Waals surface area (Å²) in [6, 6.07) is 0.129. The monoisotopic (exact) mass is 292 g/mol. The Morgan fingerprint density at radius 1 is 1.42 bits per heavy atom. The third-order valence-electron chi connectivity index (χ3n) is 3.27. The van der Waals surface area contributed by atoms with E-state index in [-0.39, 0.29) is 30.3 Å². The number of sulfonamides is 1. The van der Waals surface area contributed by atoms with Crippen molar-refractivity contribution in [3.8, 4) is 0 Å². The van der Waals surface area contributed by atoms with Gasteiger partial charge in [-0.05, 0) is 25.3 Å². The first-order valence-electron chi connectivity index (χ1n) is 6.69. The molecule has 1 saturated carbocycles. The van der Waals surface area contributed by atoms with Gasteiger partial charge in [-0.15, -0.1) is 0 Å². The van der Waals surface area contributed by atoms with Crippen LogP contribution in [0, 0.1) is 5.92 Å². The maximum absolute atomic E-state index is 11.7. The van der Waals surface area contributed by atoms with E-state index in [0.717, 1.165) is 0 Å². The van der Waals surface area contributed by atoms with Crippen LogP contribution in [0.5, 0.6) is 0 Å². The molecule has 0 bridgehead atoms. The molecule has 0 saturated heterocycles. The Morgan fingerprint density at radius 2 is 2.00 bits per heavy atom. The van der Waals surface area contributed by atoms with Crippen LogP contribution in [0.3, 0.4) is 0 Å². The molecular formula is C12H24N2O4S. The fourth-order valence-electron chi connectivity index (χ4n) is 2.40. The lowest BCUT2D eigenvalue weighted by atomic mass is 9.86. The Morgan fingerprint density at radius 3 is 2.42 bits per heavy atom. The molecular weight excluding hydrogens is 268 g/mol. The van der Waals surface area contributed by atoms with Crippen LogP contribution < -0.4 is 4.72 Å². The second kappa shape index (κ2) is 6.67. The minimum absolute atomic E-state index is 0.0205. The van der Waals surface area contributed by atoms with Crippen LogP contribution in [-0.4, -0.2) is 55.3 Å². The molecule has 0 aromatic carbocycles. The molecule has 0 atom stereocenters. The fraction of sp³-hybridized carbons (Fsp3) is 0.917. The molecule has 19 heavy (non-hydrogen) atoms. The molecule has 0 unspecified atom stereocenters. The quantitative estimate of drug-likeness (QED) is 0.680. The van der Waals surface area contributed by atoms with Gasteiger partial charge in [-0.1, -0.05) is 20.8 Å². The topological polar surface area (TPSA) is 86.7 Å². The van der Waals surface area contributed by atoms with Gasteiger partial charge in [-0.3, -0.25) is 9.69 Å². The Hall–Kier alpha value is -0.660. The highest BCUT2D eigenvalue weighted by molar-refractivity contribution is 7.89. The van der Waals surface area contributed by atoms with Crippen LogP contribution in [0.25, 0.3) is 0 Å². The van der Waals surface area contributed by atoms with E-state index in [9.17, 15) is 13.2 Å². The minimum atomic E-state index is -3.20. The summed E-state index contributed by atoms with van der Waals surface area (Å²) in [7, 11) is -3.20. The first-order valence-corrected chi connectivity index (χ1v) is 8.34. The molecule has 2 N–H and O–H groups in total. The lowest BCUT2D eigenvalue weighted by Crippen LogP contribution is -2.55. The first kappa shape index (κ1) is 16.4. The highest BCUT2D eigenvalue weighted by atomic mass is 32.2. The normalized spacial score (nSPS) is 23.6. The SMILES string of the molecule is CCN(CC(=O)O)C1CC(NS(=O)(=O)CC(C)C)C1. The maximum atomic E-state index is 11.7.